The van der Waals surface area contributed by atoms with Gasteiger partial charge >= 0.3 is 0 Å². The molecule has 0 spiro atoms. The van der Waals surface area contributed by atoms with Crippen molar-refractivity contribution in [3.8, 4) is 0 Å². The van der Waals surface area contributed by atoms with Crippen molar-refractivity contribution in [2.45, 2.75) is 13.0 Å². The second-order valence-electron chi connectivity index (χ2n) is 6.13. The van der Waals surface area contributed by atoms with Gasteiger partial charge in [-0.3, -0.25) is 4.90 Å². The molecular formula is C16H27FN4. The minimum Gasteiger partial charge on any atom is -0.367 e. The third-order valence-corrected chi connectivity index (χ3v) is 4.07. The highest BCUT2D eigenvalue weighted by molar-refractivity contribution is 5.50. The Bertz CT molecular complexity index is 454. The van der Waals surface area contributed by atoms with Gasteiger partial charge in [0, 0.05) is 45.3 Å². The summed E-state index contributed by atoms with van der Waals surface area (Å²) in [4.78, 5) is 6.76. The second-order valence-corrected chi connectivity index (χ2v) is 6.13. The second kappa shape index (κ2) is 7.20. The molecule has 21 heavy (non-hydrogen) atoms. The van der Waals surface area contributed by atoms with Crippen LogP contribution in [0.15, 0.2) is 18.2 Å². The fourth-order valence-corrected chi connectivity index (χ4v) is 2.62. The highest BCUT2D eigenvalue weighted by Gasteiger charge is 2.19. The molecule has 1 fully saturated rings. The molecule has 0 radical (unpaired) electrons. The fraction of sp³-hybridized carbons (Fsp3) is 0.625. The molecule has 0 amide bonds. The number of likely N-dealkylation sites (N-methyl/N-ethyl adjacent to an activating group) is 1. The van der Waals surface area contributed by atoms with Crippen LogP contribution in [0.25, 0.3) is 0 Å². The quantitative estimate of drug-likeness (QED) is 0.893. The van der Waals surface area contributed by atoms with Crippen LogP contribution in [0.1, 0.15) is 18.5 Å². The van der Waals surface area contributed by atoms with Crippen molar-refractivity contribution in [3.63, 3.8) is 0 Å². The molecule has 0 aromatic heterocycles. The molecule has 4 nitrogen and oxygen atoms in total. The Morgan fingerprint density at radius 1 is 1.24 bits per heavy atom. The van der Waals surface area contributed by atoms with Gasteiger partial charge in [-0.15, -0.1) is 0 Å². The van der Waals surface area contributed by atoms with E-state index >= 15 is 0 Å². The molecule has 1 aromatic carbocycles. The van der Waals surface area contributed by atoms with E-state index < -0.39 is 0 Å². The third kappa shape index (κ3) is 4.40. The van der Waals surface area contributed by atoms with E-state index in [1.807, 2.05) is 19.1 Å². The van der Waals surface area contributed by atoms with Gasteiger partial charge in [0.05, 0.1) is 5.69 Å². The van der Waals surface area contributed by atoms with Crippen LogP contribution >= 0.6 is 0 Å². The van der Waals surface area contributed by atoms with Crippen LogP contribution in [0.2, 0.25) is 0 Å². The van der Waals surface area contributed by atoms with Crippen molar-refractivity contribution in [3.05, 3.63) is 29.6 Å². The van der Waals surface area contributed by atoms with Gasteiger partial charge in [-0.05, 0) is 38.7 Å². The molecule has 1 aliphatic rings. The standard InChI is InChI=1S/C16H27FN4/c1-13(18)14-4-5-16(15(17)12-14)21-10-8-20(9-11-21)7-6-19(2)3/h4-5,12-13H,6-11,18H2,1-3H3/t13-/m1/s1. The number of nitrogens with two attached hydrogens (primary N) is 1. The smallest absolute Gasteiger partial charge is 0.146 e. The summed E-state index contributed by atoms with van der Waals surface area (Å²) in [5, 5.41) is 0. The van der Waals surface area contributed by atoms with Crippen LogP contribution in [0.4, 0.5) is 10.1 Å². The number of rotatable bonds is 5. The van der Waals surface area contributed by atoms with Crippen LogP contribution in [0.3, 0.4) is 0 Å². The molecule has 0 unspecified atom stereocenters. The van der Waals surface area contributed by atoms with Crippen LogP contribution in [-0.4, -0.2) is 63.2 Å². The summed E-state index contributed by atoms with van der Waals surface area (Å²) in [5.41, 5.74) is 7.34. The number of hydrogen-bond acceptors (Lipinski definition) is 4. The topological polar surface area (TPSA) is 35.7 Å². The molecule has 1 aromatic rings. The molecule has 2 N–H and O–H groups in total. The van der Waals surface area contributed by atoms with Crippen molar-refractivity contribution in [2.24, 2.45) is 5.73 Å². The zero-order chi connectivity index (χ0) is 15.4. The lowest BCUT2D eigenvalue weighted by atomic mass is 10.1. The molecule has 2 rings (SSSR count). The molecule has 118 valence electrons. The zero-order valence-electron chi connectivity index (χ0n) is 13.3. The Kier molecular flexibility index (Phi) is 5.56. The minimum absolute atomic E-state index is 0.128. The Morgan fingerprint density at radius 3 is 2.43 bits per heavy atom. The molecule has 1 saturated heterocycles. The Balaban J connectivity index is 1.93. The highest BCUT2D eigenvalue weighted by Crippen LogP contribution is 2.23. The average Bonchev–Trinajstić information content (AvgIpc) is 2.45. The summed E-state index contributed by atoms with van der Waals surface area (Å²) in [6.45, 7) is 7.75. The van der Waals surface area contributed by atoms with E-state index in [-0.39, 0.29) is 11.9 Å². The van der Waals surface area contributed by atoms with E-state index in [4.69, 9.17) is 5.73 Å². The molecule has 0 aliphatic carbocycles. The summed E-state index contributed by atoms with van der Waals surface area (Å²) in [7, 11) is 4.18. The first-order chi connectivity index (χ1) is 9.97. The maximum atomic E-state index is 14.2. The molecule has 1 atom stereocenters. The normalized spacial score (nSPS) is 18.3. The van der Waals surface area contributed by atoms with Crippen LogP contribution < -0.4 is 10.6 Å². The maximum Gasteiger partial charge on any atom is 0.146 e. The number of hydrogen-bond donors (Lipinski definition) is 1. The molecule has 0 bridgehead atoms. The molecule has 1 heterocycles. The number of benzene rings is 1. The summed E-state index contributed by atoms with van der Waals surface area (Å²) < 4.78 is 14.2. The van der Waals surface area contributed by atoms with Crippen molar-refractivity contribution in [1.29, 1.82) is 0 Å². The minimum atomic E-state index is -0.161. The van der Waals surface area contributed by atoms with E-state index in [0.29, 0.717) is 5.69 Å². The van der Waals surface area contributed by atoms with E-state index in [1.165, 1.54) is 0 Å². The van der Waals surface area contributed by atoms with Crippen LogP contribution in [-0.2, 0) is 0 Å². The van der Waals surface area contributed by atoms with Gasteiger partial charge in [-0.25, -0.2) is 4.39 Å². The summed E-state index contributed by atoms with van der Waals surface area (Å²) in [6, 6.07) is 5.24. The SMILES string of the molecule is C[C@@H](N)c1ccc(N2CCN(CCN(C)C)CC2)c(F)c1. The van der Waals surface area contributed by atoms with Crippen molar-refractivity contribution < 1.29 is 4.39 Å². The van der Waals surface area contributed by atoms with Crippen molar-refractivity contribution in [1.82, 2.24) is 9.80 Å². The van der Waals surface area contributed by atoms with Gasteiger partial charge in [-0.2, -0.15) is 0 Å². The number of halogens is 1. The van der Waals surface area contributed by atoms with Gasteiger partial charge in [0.2, 0.25) is 0 Å². The molecular weight excluding hydrogens is 267 g/mol. The molecule has 0 saturated carbocycles. The van der Waals surface area contributed by atoms with Crippen LogP contribution in [0, 0.1) is 5.82 Å². The molecule has 5 heteroatoms. The monoisotopic (exact) mass is 294 g/mol. The van der Waals surface area contributed by atoms with Gasteiger partial charge in [0.15, 0.2) is 0 Å². The van der Waals surface area contributed by atoms with Gasteiger partial charge in [0.25, 0.3) is 0 Å². The van der Waals surface area contributed by atoms with E-state index in [1.54, 1.807) is 6.07 Å². The maximum absolute atomic E-state index is 14.2. The third-order valence-electron chi connectivity index (χ3n) is 4.07. The number of nitrogens with zero attached hydrogens (tertiary/aromatic N) is 3. The molecule has 1 aliphatic heterocycles. The first-order valence-electron chi connectivity index (χ1n) is 7.64. The van der Waals surface area contributed by atoms with Gasteiger partial charge in [0.1, 0.15) is 5.82 Å². The summed E-state index contributed by atoms with van der Waals surface area (Å²) in [5.74, 6) is -0.161. The Morgan fingerprint density at radius 2 is 1.90 bits per heavy atom. The predicted molar refractivity (Wildman–Crippen MR) is 86.2 cm³/mol. The van der Waals surface area contributed by atoms with Gasteiger partial charge in [-0.1, -0.05) is 6.07 Å². The largest absolute Gasteiger partial charge is 0.367 e. The zero-order valence-corrected chi connectivity index (χ0v) is 13.3. The lowest BCUT2D eigenvalue weighted by Crippen LogP contribution is -2.48. The summed E-state index contributed by atoms with van der Waals surface area (Å²) in [6.07, 6.45) is 0. The first kappa shape index (κ1) is 16.2. The van der Waals surface area contributed by atoms with Crippen LogP contribution in [0.5, 0.6) is 0 Å². The number of anilines is 1. The Hall–Kier alpha value is -1.17. The van der Waals surface area contributed by atoms with Gasteiger partial charge < -0.3 is 15.5 Å². The first-order valence-corrected chi connectivity index (χ1v) is 7.64. The lowest BCUT2D eigenvalue weighted by molar-refractivity contribution is 0.229. The van der Waals surface area contributed by atoms with Crippen molar-refractivity contribution >= 4 is 5.69 Å². The highest BCUT2D eigenvalue weighted by atomic mass is 19.1. The van der Waals surface area contributed by atoms with Crippen molar-refractivity contribution in [2.75, 3.05) is 58.3 Å². The number of piperazine rings is 1. The predicted octanol–water partition coefficient (Wildman–Crippen LogP) is 1.53. The average molecular weight is 294 g/mol. The lowest BCUT2D eigenvalue weighted by Gasteiger charge is -2.36. The van der Waals surface area contributed by atoms with E-state index in [0.717, 1.165) is 44.8 Å². The summed E-state index contributed by atoms with van der Waals surface area (Å²) >= 11 is 0. The Labute approximate surface area is 127 Å². The van der Waals surface area contributed by atoms with E-state index in [9.17, 15) is 4.39 Å². The fourth-order valence-electron chi connectivity index (χ4n) is 2.62. The van der Waals surface area contributed by atoms with E-state index in [2.05, 4.69) is 28.8 Å².